The van der Waals surface area contributed by atoms with Gasteiger partial charge in [0.05, 0.1) is 17.4 Å². The molecule has 1 N–H and O–H groups in total. The van der Waals surface area contributed by atoms with Crippen LogP contribution in [-0.2, 0) is 21.8 Å². The Morgan fingerprint density at radius 2 is 1.77 bits per heavy atom. The number of carboxylic acid groups (broad SMARTS) is 1. The number of nitrogens with zero attached hydrogens (tertiary/aromatic N) is 2. The van der Waals surface area contributed by atoms with Gasteiger partial charge in [-0.2, -0.15) is 5.26 Å². The monoisotopic (exact) mass is 368 g/mol. The van der Waals surface area contributed by atoms with Gasteiger partial charge in [-0.3, -0.25) is 4.79 Å². The summed E-state index contributed by atoms with van der Waals surface area (Å²) in [6.45, 7) is 0. The maximum absolute atomic E-state index is 12.4. The van der Waals surface area contributed by atoms with Crippen molar-refractivity contribution in [2.24, 2.45) is 0 Å². The molecule has 0 saturated carbocycles. The predicted octanol–water partition coefficient (Wildman–Crippen LogP) is 2.95. The van der Waals surface area contributed by atoms with Crippen molar-refractivity contribution in [3.63, 3.8) is 0 Å². The maximum atomic E-state index is 12.4. The van der Waals surface area contributed by atoms with E-state index in [1.165, 1.54) is 23.7 Å². The molecule has 26 heavy (non-hydrogen) atoms. The van der Waals surface area contributed by atoms with E-state index in [9.17, 15) is 14.7 Å². The topological polar surface area (TPSA) is 81.4 Å². The Labute approximate surface area is 157 Å². The zero-order valence-corrected chi connectivity index (χ0v) is 15.3. The molecule has 6 heteroatoms. The quantitative estimate of drug-likeness (QED) is 0.775. The van der Waals surface area contributed by atoms with Crippen LogP contribution in [0.2, 0.25) is 0 Å². The number of benzene rings is 2. The second-order valence-electron chi connectivity index (χ2n) is 5.85. The second kappa shape index (κ2) is 9.64. The van der Waals surface area contributed by atoms with Crippen LogP contribution < -0.4 is 0 Å². The standard InChI is InChI=1S/C20H20N2O3S/c1-22(18(20(24)25)11-15-5-3-2-4-6-15)19(23)14-26-13-17-9-7-16(12-21)8-10-17/h2-10,18H,11,13-14H2,1H3,(H,24,25). The summed E-state index contributed by atoms with van der Waals surface area (Å²) in [5.74, 6) is -0.398. The fraction of sp³-hybridized carbons (Fsp3) is 0.250. The lowest BCUT2D eigenvalue weighted by Crippen LogP contribution is -2.44. The highest BCUT2D eigenvalue weighted by Crippen LogP contribution is 2.15. The number of likely N-dealkylation sites (N-methyl/N-ethyl adjacent to an activating group) is 1. The first-order chi connectivity index (χ1) is 12.5. The molecule has 1 unspecified atom stereocenters. The van der Waals surface area contributed by atoms with Crippen molar-refractivity contribution in [2.75, 3.05) is 12.8 Å². The fourth-order valence-electron chi connectivity index (χ4n) is 2.43. The molecule has 0 fully saturated rings. The van der Waals surface area contributed by atoms with E-state index in [-0.39, 0.29) is 18.1 Å². The predicted molar refractivity (Wildman–Crippen MR) is 102 cm³/mol. The van der Waals surface area contributed by atoms with Gasteiger partial charge in [-0.05, 0) is 23.3 Å². The minimum Gasteiger partial charge on any atom is -0.480 e. The van der Waals surface area contributed by atoms with E-state index in [4.69, 9.17) is 5.26 Å². The van der Waals surface area contributed by atoms with Gasteiger partial charge in [-0.15, -0.1) is 11.8 Å². The van der Waals surface area contributed by atoms with Crippen molar-refractivity contribution in [2.45, 2.75) is 18.2 Å². The minimum absolute atomic E-state index is 0.203. The van der Waals surface area contributed by atoms with E-state index in [2.05, 4.69) is 6.07 Å². The van der Waals surface area contributed by atoms with Crippen LogP contribution in [0.3, 0.4) is 0 Å². The number of rotatable bonds is 8. The Kier molecular flexibility index (Phi) is 7.24. The zero-order valence-electron chi connectivity index (χ0n) is 14.5. The third kappa shape index (κ3) is 5.64. The molecule has 0 heterocycles. The van der Waals surface area contributed by atoms with Crippen LogP contribution in [0.15, 0.2) is 54.6 Å². The van der Waals surface area contributed by atoms with Gasteiger partial charge in [-0.1, -0.05) is 42.5 Å². The molecule has 1 amide bonds. The lowest BCUT2D eigenvalue weighted by molar-refractivity contribution is -0.148. The summed E-state index contributed by atoms with van der Waals surface area (Å²) in [5, 5.41) is 18.3. The number of carbonyl (C=O) groups excluding carboxylic acids is 1. The molecule has 0 saturated heterocycles. The van der Waals surface area contributed by atoms with E-state index in [0.717, 1.165) is 11.1 Å². The number of thioether (sulfide) groups is 1. The lowest BCUT2D eigenvalue weighted by Gasteiger charge is -2.25. The van der Waals surface area contributed by atoms with Crippen molar-refractivity contribution in [1.82, 2.24) is 4.90 Å². The fourth-order valence-corrected chi connectivity index (χ4v) is 3.34. The lowest BCUT2D eigenvalue weighted by atomic mass is 10.1. The number of carboxylic acids is 1. The van der Waals surface area contributed by atoms with E-state index >= 15 is 0 Å². The van der Waals surface area contributed by atoms with Crippen LogP contribution >= 0.6 is 11.8 Å². The number of hydrogen-bond donors (Lipinski definition) is 1. The maximum Gasteiger partial charge on any atom is 0.326 e. The van der Waals surface area contributed by atoms with Gasteiger partial charge >= 0.3 is 5.97 Å². The van der Waals surface area contributed by atoms with Crippen LogP contribution in [0, 0.1) is 11.3 Å². The first-order valence-corrected chi connectivity index (χ1v) is 9.26. The molecule has 1 atom stereocenters. The van der Waals surface area contributed by atoms with Gasteiger partial charge in [0.1, 0.15) is 6.04 Å². The number of hydrogen-bond acceptors (Lipinski definition) is 4. The average Bonchev–Trinajstić information content (AvgIpc) is 2.66. The summed E-state index contributed by atoms with van der Waals surface area (Å²) in [7, 11) is 1.53. The molecule has 2 aromatic rings. The Morgan fingerprint density at radius 1 is 1.12 bits per heavy atom. The van der Waals surface area contributed by atoms with Gasteiger partial charge in [0.25, 0.3) is 0 Å². The third-order valence-corrected chi connectivity index (χ3v) is 4.98. The van der Waals surface area contributed by atoms with Crippen LogP contribution in [-0.4, -0.2) is 40.7 Å². The van der Waals surface area contributed by atoms with Gasteiger partial charge in [0, 0.05) is 19.2 Å². The van der Waals surface area contributed by atoms with E-state index in [1.54, 1.807) is 12.1 Å². The van der Waals surface area contributed by atoms with Crippen molar-refractivity contribution < 1.29 is 14.7 Å². The summed E-state index contributed by atoms with van der Waals surface area (Å²) >= 11 is 1.42. The molecule has 0 aliphatic carbocycles. The molecule has 0 radical (unpaired) electrons. The van der Waals surface area contributed by atoms with Crippen LogP contribution in [0.5, 0.6) is 0 Å². The first-order valence-electron chi connectivity index (χ1n) is 8.10. The van der Waals surface area contributed by atoms with Gasteiger partial charge in [-0.25, -0.2) is 4.79 Å². The minimum atomic E-state index is -1.01. The van der Waals surface area contributed by atoms with Crippen LogP contribution in [0.1, 0.15) is 16.7 Å². The van der Waals surface area contributed by atoms with Crippen molar-refractivity contribution >= 4 is 23.6 Å². The summed E-state index contributed by atoms with van der Waals surface area (Å²) in [5.41, 5.74) is 2.49. The Hall–Kier alpha value is -2.78. The summed E-state index contributed by atoms with van der Waals surface area (Å²) < 4.78 is 0. The van der Waals surface area contributed by atoms with Crippen molar-refractivity contribution in [3.8, 4) is 6.07 Å². The second-order valence-corrected chi connectivity index (χ2v) is 6.84. The largest absolute Gasteiger partial charge is 0.480 e. The van der Waals surface area contributed by atoms with Gasteiger partial charge < -0.3 is 10.0 Å². The molecule has 0 aromatic heterocycles. The Morgan fingerprint density at radius 3 is 2.35 bits per heavy atom. The number of nitriles is 1. The number of aliphatic carboxylic acids is 1. The molecule has 2 aromatic carbocycles. The SMILES string of the molecule is CN(C(=O)CSCc1ccc(C#N)cc1)C(Cc1ccccc1)C(=O)O. The number of carbonyl (C=O) groups is 2. The molecule has 0 spiro atoms. The van der Waals surface area contributed by atoms with Crippen LogP contribution in [0.4, 0.5) is 0 Å². The first kappa shape index (κ1) is 19.5. The van der Waals surface area contributed by atoms with E-state index in [1.807, 2.05) is 42.5 Å². The van der Waals surface area contributed by atoms with E-state index < -0.39 is 12.0 Å². The Bertz CT molecular complexity index is 785. The summed E-state index contributed by atoms with van der Waals surface area (Å²) in [4.78, 5) is 25.3. The Balaban J connectivity index is 1.89. The molecule has 5 nitrogen and oxygen atoms in total. The highest BCUT2D eigenvalue weighted by molar-refractivity contribution is 7.99. The molecule has 2 rings (SSSR count). The van der Waals surface area contributed by atoms with Crippen LogP contribution in [0.25, 0.3) is 0 Å². The normalized spacial score (nSPS) is 11.4. The third-order valence-electron chi connectivity index (χ3n) is 4.00. The highest BCUT2D eigenvalue weighted by atomic mass is 32.2. The van der Waals surface area contributed by atoms with E-state index in [0.29, 0.717) is 11.3 Å². The summed E-state index contributed by atoms with van der Waals surface area (Å²) in [6.07, 6.45) is 0.276. The van der Waals surface area contributed by atoms with Gasteiger partial charge in [0.2, 0.25) is 5.91 Å². The van der Waals surface area contributed by atoms with Gasteiger partial charge in [0.15, 0.2) is 0 Å². The van der Waals surface area contributed by atoms with Crippen molar-refractivity contribution in [3.05, 3.63) is 71.3 Å². The molecular weight excluding hydrogens is 348 g/mol. The molecule has 0 aliphatic rings. The zero-order chi connectivity index (χ0) is 18.9. The molecule has 0 bridgehead atoms. The molecular formula is C20H20N2O3S. The smallest absolute Gasteiger partial charge is 0.326 e. The number of amides is 1. The average molecular weight is 368 g/mol. The highest BCUT2D eigenvalue weighted by Gasteiger charge is 2.26. The molecule has 0 aliphatic heterocycles. The van der Waals surface area contributed by atoms with Crippen molar-refractivity contribution in [1.29, 1.82) is 5.26 Å². The molecule has 134 valence electrons. The summed E-state index contributed by atoms with van der Waals surface area (Å²) in [6, 6.07) is 17.6.